The van der Waals surface area contributed by atoms with Crippen molar-refractivity contribution in [2.45, 2.75) is 11.8 Å². The standard InChI is InChI=1S/C18H20N2O/c1-20-13-12-17(19-21)18(14-20,15-8-4-2-5-9-15)16-10-6-3-7-11-16/h2-11,21H,12-14H2,1H3/b19-17+. The molecule has 2 aromatic carbocycles. The molecule has 1 aliphatic heterocycles. The van der Waals surface area contributed by atoms with Crippen LogP contribution in [0, 0.1) is 0 Å². The first-order valence-electron chi connectivity index (χ1n) is 7.28. The van der Waals surface area contributed by atoms with E-state index in [0.717, 1.165) is 25.2 Å². The van der Waals surface area contributed by atoms with Crippen LogP contribution in [0.4, 0.5) is 0 Å². The number of piperidine rings is 1. The van der Waals surface area contributed by atoms with Gasteiger partial charge in [0.15, 0.2) is 0 Å². The summed E-state index contributed by atoms with van der Waals surface area (Å²) in [4.78, 5) is 2.30. The maximum absolute atomic E-state index is 9.60. The maximum atomic E-state index is 9.60. The number of nitrogens with zero attached hydrogens (tertiary/aromatic N) is 2. The SMILES string of the molecule is CN1CC/C(=N\O)C(c2ccccc2)(c2ccccc2)C1. The molecule has 0 spiro atoms. The number of likely N-dealkylation sites (N-methyl/N-ethyl adjacent to an activating group) is 1. The summed E-state index contributed by atoms with van der Waals surface area (Å²) >= 11 is 0. The van der Waals surface area contributed by atoms with Gasteiger partial charge in [-0.05, 0) is 18.2 Å². The Labute approximate surface area is 125 Å². The minimum absolute atomic E-state index is 0.371. The highest BCUT2D eigenvalue weighted by Crippen LogP contribution is 2.38. The average Bonchev–Trinajstić information content (AvgIpc) is 2.56. The van der Waals surface area contributed by atoms with Gasteiger partial charge in [-0.25, -0.2) is 0 Å². The lowest BCUT2D eigenvalue weighted by molar-refractivity contribution is 0.263. The van der Waals surface area contributed by atoms with Crippen molar-refractivity contribution in [1.29, 1.82) is 0 Å². The molecule has 1 fully saturated rings. The van der Waals surface area contributed by atoms with Crippen molar-refractivity contribution in [3.63, 3.8) is 0 Å². The molecule has 0 saturated carbocycles. The number of benzene rings is 2. The summed E-state index contributed by atoms with van der Waals surface area (Å²) in [5, 5.41) is 13.3. The summed E-state index contributed by atoms with van der Waals surface area (Å²) in [6, 6.07) is 20.7. The molecular formula is C18H20N2O. The van der Waals surface area contributed by atoms with Crippen LogP contribution in [-0.2, 0) is 5.41 Å². The third kappa shape index (κ3) is 2.34. The van der Waals surface area contributed by atoms with E-state index in [2.05, 4.69) is 41.4 Å². The van der Waals surface area contributed by atoms with E-state index < -0.39 is 0 Å². The maximum Gasteiger partial charge on any atom is 0.0745 e. The van der Waals surface area contributed by atoms with E-state index in [9.17, 15) is 5.21 Å². The molecule has 108 valence electrons. The van der Waals surface area contributed by atoms with Gasteiger partial charge in [0.05, 0.1) is 11.1 Å². The number of hydrogen-bond donors (Lipinski definition) is 1. The second-order valence-corrected chi connectivity index (χ2v) is 5.67. The van der Waals surface area contributed by atoms with Gasteiger partial charge < -0.3 is 10.1 Å². The minimum Gasteiger partial charge on any atom is -0.411 e. The first kappa shape index (κ1) is 13.8. The largest absolute Gasteiger partial charge is 0.411 e. The van der Waals surface area contributed by atoms with Gasteiger partial charge in [0.25, 0.3) is 0 Å². The summed E-state index contributed by atoms with van der Waals surface area (Å²) in [5.74, 6) is 0. The smallest absolute Gasteiger partial charge is 0.0745 e. The second-order valence-electron chi connectivity index (χ2n) is 5.67. The minimum atomic E-state index is -0.371. The van der Waals surface area contributed by atoms with Crippen LogP contribution in [-0.4, -0.2) is 36.0 Å². The first-order valence-corrected chi connectivity index (χ1v) is 7.28. The molecule has 3 nitrogen and oxygen atoms in total. The lowest BCUT2D eigenvalue weighted by atomic mass is 9.68. The van der Waals surface area contributed by atoms with E-state index >= 15 is 0 Å². The molecule has 3 rings (SSSR count). The molecule has 0 aromatic heterocycles. The van der Waals surface area contributed by atoms with Gasteiger partial charge >= 0.3 is 0 Å². The van der Waals surface area contributed by atoms with Crippen molar-refractivity contribution in [2.24, 2.45) is 5.16 Å². The Morgan fingerprint density at radius 2 is 1.48 bits per heavy atom. The van der Waals surface area contributed by atoms with Crippen LogP contribution in [0.2, 0.25) is 0 Å². The van der Waals surface area contributed by atoms with E-state index in [-0.39, 0.29) is 5.41 Å². The lowest BCUT2D eigenvalue weighted by Crippen LogP contribution is -2.51. The molecule has 1 aliphatic rings. The molecule has 21 heavy (non-hydrogen) atoms. The monoisotopic (exact) mass is 280 g/mol. The highest BCUT2D eigenvalue weighted by atomic mass is 16.4. The Balaban J connectivity index is 2.24. The molecule has 1 saturated heterocycles. The normalized spacial score (nSPS) is 20.5. The molecule has 0 radical (unpaired) electrons. The molecule has 3 heteroatoms. The zero-order valence-electron chi connectivity index (χ0n) is 12.2. The van der Waals surface area contributed by atoms with Gasteiger partial charge in [0.1, 0.15) is 0 Å². The predicted octanol–water partition coefficient (Wildman–Crippen LogP) is 3.14. The van der Waals surface area contributed by atoms with Crippen LogP contribution in [0.5, 0.6) is 0 Å². The lowest BCUT2D eigenvalue weighted by Gasteiger charge is -2.42. The van der Waals surface area contributed by atoms with Crippen LogP contribution in [0.25, 0.3) is 0 Å². The molecule has 1 heterocycles. The molecule has 0 atom stereocenters. The zero-order chi connectivity index (χ0) is 14.7. The van der Waals surface area contributed by atoms with Gasteiger partial charge in [-0.3, -0.25) is 0 Å². The highest BCUT2D eigenvalue weighted by molar-refractivity contribution is 5.99. The Morgan fingerprint density at radius 3 is 1.95 bits per heavy atom. The third-order valence-electron chi connectivity index (χ3n) is 4.38. The first-order chi connectivity index (χ1) is 10.3. The molecular weight excluding hydrogens is 260 g/mol. The fraction of sp³-hybridized carbons (Fsp3) is 0.278. The van der Waals surface area contributed by atoms with Gasteiger partial charge in [-0.15, -0.1) is 0 Å². The summed E-state index contributed by atoms with van der Waals surface area (Å²) in [6.07, 6.45) is 0.775. The molecule has 0 amide bonds. The van der Waals surface area contributed by atoms with E-state index in [1.807, 2.05) is 36.4 Å². The van der Waals surface area contributed by atoms with Gasteiger partial charge in [-0.1, -0.05) is 65.8 Å². The van der Waals surface area contributed by atoms with Gasteiger partial charge in [0, 0.05) is 19.5 Å². The molecule has 0 unspecified atom stereocenters. The van der Waals surface area contributed by atoms with Crippen molar-refractivity contribution in [1.82, 2.24) is 4.90 Å². The van der Waals surface area contributed by atoms with Crippen LogP contribution in [0.1, 0.15) is 17.5 Å². The Hall–Kier alpha value is -2.13. The van der Waals surface area contributed by atoms with Crippen molar-refractivity contribution in [3.05, 3.63) is 71.8 Å². The van der Waals surface area contributed by atoms with Crippen LogP contribution >= 0.6 is 0 Å². The summed E-state index contributed by atoms with van der Waals surface area (Å²) in [5.41, 5.74) is 2.83. The van der Waals surface area contributed by atoms with Crippen molar-refractivity contribution in [3.8, 4) is 0 Å². The van der Waals surface area contributed by atoms with Crippen molar-refractivity contribution < 1.29 is 5.21 Å². The van der Waals surface area contributed by atoms with Gasteiger partial charge in [-0.2, -0.15) is 0 Å². The number of rotatable bonds is 2. The van der Waals surface area contributed by atoms with Crippen LogP contribution < -0.4 is 0 Å². The van der Waals surface area contributed by atoms with Crippen molar-refractivity contribution in [2.75, 3.05) is 20.1 Å². The molecule has 0 bridgehead atoms. The molecule has 0 aliphatic carbocycles. The number of hydrogen-bond acceptors (Lipinski definition) is 3. The Bertz CT molecular complexity index is 583. The topological polar surface area (TPSA) is 35.8 Å². The van der Waals surface area contributed by atoms with E-state index in [1.54, 1.807) is 0 Å². The summed E-state index contributed by atoms with van der Waals surface area (Å²) in [6.45, 7) is 1.74. The van der Waals surface area contributed by atoms with E-state index in [0.29, 0.717) is 0 Å². The average molecular weight is 280 g/mol. The van der Waals surface area contributed by atoms with Gasteiger partial charge in [0.2, 0.25) is 0 Å². The van der Waals surface area contributed by atoms with E-state index in [4.69, 9.17) is 0 Å². The van der Waals surface area contributed by atoms with Crippen LogP contribution in [0.15, 0.2) is 65.8 Å². The fourth-order valence-electron chi connectivity index (χ4n) is 3.35. The zero-order valence-corrected chi connectivity index (χ0v) is 12.2. The Morgan fingerprint density at radius 1 is 0.952 bits per heavy atom. The molecule has 1 N–H and O–H groups in total. The summed E-state index contributed by atoms with van der Waals surface area (Å²) in [7, 11) is 2.12. The predicted molar refractivity (Wildman–Crippen MR) is 85.0 cm³/mol. The number of likely N-dealkylation sites (tertiary alicyclic amines) is 1. The second kappa shape index (κ2) is 5.70. The fourth-order valence-corrected chi connectivity index (χ4v) is 3.35. The Kier molecular flexibility index (Phi) is 3.76. The van der Waals surface area contributed by atoms with Crippen molar-refractivity contribution >= 4 is 5.71 Å². The molecule has 2 aromatic rings. The van der Waals surface area contributed by atoms with E-state index in [1.165, 1.54) is 11.1 Å². The highest BCUT2D eigenvalue weighted by Gasteiger charge is 2.43. The summed E-state index contributed by atoms with van der Waals surface area (Å²) < 4.78 is 0. The third-order valence-corrected chi connectivity index (χ3v) is 4.38. The van der Waals surface area contributed by atoms with Crippen LogP contribution in [0.3, 0.4) is 0 Å². The number of oxime groups is 1. The quantitative estimate of drug-likeness (QED) is 0.677.